The van der Waals surface area contributed by atoms with Crippen LogP contribution in [0, 0.1) is 0 Å². The van der Waals surface area contributed by atoms with Crippen molar-refractivity contribution in [1.29, 1.82) is 0 Å². The highest BCUT2D eigenvalue weighted by molar-refractivity contribution is 6.31. The van der Waals surface area contributed by atoms with Crippen molar-refractivity contribution in [3.05, 3.63) is 34.9 Å². The molecule has 0 spiro atoms. The zero-order valence-corrected chi connectivity index (χ0v) is 12.1. The van der Waals surface area contributed by atoms with E-state index in [0.717, 1.165) is 0 Å². The van der Waals surface area contributed by atoms with Crippen molar-refractivity contribution in [3.8, 4) is 0 Å². The summed E-state index contributed by atoms with van der Waals surface area (Å²) in [5.41, 5.74) is 0.424. The largest absolute Gasteiger partial charge is 0.401 e. The van der Waals surface area contributed by atoms with Crippen molar-refractivity contribution >= 4 is 17.4 Å². The predicted molar refractivity (Wildman–Crippen MR) is 73.2 cm³/mol. The number of alkyl halides is 3. The maximum Gasteiger partial charge on any atom is 0.401 e. The maximum absolute atomic E-state index is 12.4. The quantitative estimate of drug-likeness (QED) is 0.735. The van der Waals surface area contributed by atoms with E-state index in [0.29, 0.717) is 10.6 Å². The lowest BCUT2D eigenvalue weighted by Crippen LogP contribution is -2.40. The van der Waals surface area contributed by atoms with Gasteiger partial charge in [0.05, 0.1) is 6.54 Å². The van der Waals surface area contributed by atoms with Crippen LogP contribution < -0.4 is 0 Å². The van der Waals surface area contributed by atoms with Gasteiger partial charge in [0.1, 0.15) is 0 Å². The molecule has 0 atom stereocenters. The Morgan fingerprint density at radius 2 is 2.00 bits per heavy atom. The van der Waals surface area contributed by atoms with Crippen LogP contribution in [-0.2, 0) is 0 Å². The fourth-order valence-corrected chi connectivity index (χ4v) is 1.99. The average molecular weight is 308 g/mol. The number of rotatable bonds is 6. The molecule has 20 heavy (non-hydrogen) atoms. The van der Waals surface area contributed by atoms with Gasteiger partial charge in [-0.15, -0.1) is 0 Å². The van der Waals surface area contributed by atoms with Gasteiger partial charge in [-0.05, 0) is 26.0 Å². The molecule has 0 saturated carbocycles. The molecule has 0 bridgehead atoms. The normalized spacial score (nSPS) is 12.2. The number of hydrogen-bond donors (Lipinski definition) is 0. The second-order valence-electron chi connectivity index (χ2n) is 4.86. The van der Waals surface area contributed by atoms with Gasteiger partial charge in [0.15, 0.2) is 5.78 Å². The van der Waals surface area contributed by atoms with Crippen LogP contribution in [0.3, 0.4) is 0 Å². The molecule has 1 rings (SSSR count). The summed E-state index contributed by atoms with van der Waals surface area (Å²) in [4.78, 5) is 13.2. The molecule has 1 aromatic rings. The van der Waals surface area contributed by atoms with Crippen molar-refractivity contribution in [3.63, 3.8) is 0 Å². The fourth-order valence-electron chi connectivity index (χ4n) is 1.80. The number of carbonyl (C=O) groups excluding carboxylic acids is 1. The Balaban J connectivity index is 2.61. The highest BCUT2D eigenvalue weighted by Gasteiger charge is 2.31. The Kier molecular flexibility index (Phi) is 6.02. The third kappa shape index (κ3) is 5.92. The van der Waals surface area contributed by atoms with E-state index < -0.39 is 12.7 Å². The lowest BCUT2D eigenvalue weighted by Gasteiger charge is -2.27. The second kappa shape index (κ2) is 7.09. The van der Waals surface area contributed by atoms with E-state index in [1.807, 2.05) is 0 Å². The van der Waals surface area contributed by atoms with Crippen LogP contribution in [0.4, 0.5) is 13.2 Å². The molecule has 0 aromatic heterocycles. The van der Waals surface area contributed by atoms with E-state index in [1.165, 1.54) is 11.0 Å². The minimum absolute atomic E-state index is 0.0363. The topological polar surface area (TPSA) is 20.3 Å². The lowest BCUT2D eigenvalue weighted by atomic mass is 10.1. The molecule has 0 heterocycles. The number of hydrogen-bond acceptors (Lipinski definition) is 2. The van der Waals surface area contributed by atoms with E-state index in [9.17, 15) is 18.0 Å². The van der Waals surface area contributed by atoms with Crippen LogP contribution in [0.5, 0.6) is 0 Å². The Labute approximate surface area is 121 Å². The van der Waals surface area contributed by atoms with Crippen LogP contribution in [0.2, 0.25) is 5.02 Å². The lowest BCUT2D eigenvalue weighted by molar-refractivity contribution is -0.149. The van der Waals surface area contributed by atoms with Gasteiger partial charge in [-0.3, -0.25) is 9.69 Å². The van der Waals surface area contributed by atoms with Gasteiger partial charge >= 0.3 is 6.18 Å². The van der Waals surface area contributed by atoms with Crippen molar-refractivity contribution < 1.29 is 18.0 Å². The van der Waals surface area contributed by atoms with Crippen molar-refractivity contribution in [2.75, 3.05) is 13.1 Å². The van der Waals surface area contributed by atoms with E-state index in [1.54, 1.807) is 32.0 Å². The highest BCUT2D eigenvalue weighted by atomic mass is 35.5. The molecule has 0 aliphatic rings. The summed E-state index contributed by atoms with van der Waals surface area (Å²) >= 11 is 5.78. The minimum atomic E-state index is -4.26. The number of benzene rings is 1. The van der Waals surface area contributed by atoms with Crippen molar-refractivity contribution in [1.82, 2.24) is 4.90 Å². The number of nitrogens with zero attached hydrogens (tertiary/aromatic N) is 1. The Morgan fingerprint density at radius 1 is 1.35 bits per heavy atom. The fraction of sp³-hybridized carbons (Fsp3) is 0.500. The minimum Gasteiger partial charge on any atom is -0.294 e. The zero-order chi connectivity index (χ0) is 15.3. The molecule has 0 aliphatic heterocycles. The summed E-state index contributed by atoms with van der Waals surface area (Å²) in [5.74, 6) is -0.208. The number of carbonyl (C=O) groups is 1. The van der Waals surface area contributed by atoms with Gasteiger partial charge < -0.3 is 0 Å². The Morgan fingerprint density at radius 3 is 2.50 bits per heavy atom. The number of Topliss-reactive ketones (excluding diaryl/α,β-unsaturated/α-hetero) is 1. The first-order valence-corrected chi connectivity index (χ1v) is 6.66. The third-order valence-electron chi connectivity index (χ3n) is 2.89. The van der Waals surface area contributed by atoms with Gasteiger partial charge in [-0.1, -0.05) is 23.7 Å². The van der Waals surface area contributed by atoms with E-state index in [2.05, 4.69) is 0 Å². The molecule has 0 aliphatic carbocycles. The molecule has 112 valence electrons. The molecule has 6 heteroatoms. The molecule has 2 nitrogen and oxygen atoms in total. The van der Waals surface area contributed by atoms with Gasteiger partial charge in [-0.25, -0.2) is 0 Å². The van der Waals surface area contributed by atoms with Crippen LogP contribution in [0.25, 0.3) is 0 Å². The van der Waals surface area contributed by atoms with Crippen LogP contribution in [0.1, 0.15) is 30.6 Å². The summed E-state index contributed by atoms with van der Waals surface area (Å²) in [6.45, 7) is 2.42. The molecular weight excluding hydrogens is 291 g/mol. The zero-order valence-electron chi connectivity index (χ0n) is 11.4. The molecule has 0 saturated heterocycles. The molecule has 1 aromatic carbocycles. The van der Waals surface area contributed by atoms with E-state index in [4.69, 9.17) is 11.6 Å². The van der Waals surface area contributed by atoms with E-state index >= 15 is 0 Å². The van der Waals surface area contributed by atoms with Crippen LogP contribution in [-0.4, -0.2) is 36.0 Å². The third-order valence-corrected chi connectivity index (χ3v) is 3.12. The number of ketones is 1. The first-order chi connectivity index (χ1) is 9.19. The first kappa shape index (κ1) is 17.0. The summed E-state index contributed by atoms with van der Waals surface area (Å²) < 4.78 is 37.3. The Bertz CT molecular complexity index is 460. The molecule has 0 N–H and O–H groups in total. The molecule has 0 amide bonds. The number of halogens is 4. The molecule has 0 fully saturated rings. The highest BCUT2D eigenvalue weighted by Crippen LogP contribution is 2.19. The average Bonchev–Trinajstić information content (AvgIpc) is 2.32. The summed E-state index contributed by atoms with van der Waals surface area (Å²) in [5, 5.41) is 0.437. The van der Waals surface area contributed by atoms with Gasteiger partial charge in [0, 0.05) is 29.6 Å². The Hall–Kier alpha value is -1.07. The van der Waals surface area contributed by atoms with Crippen molar-refractivity contribution in [2.24, 2.45) is 0 Å². The van der Waals surface area contributed by atoms with Crippen molar-refractivity contribution in [2.45, 2.75) is 32.5 Å². The SMILES string of the molecule is CC(C)N(CCC(=O)c1cccc(Cl)c1)CC(F)(F)F. The molecule has 0 radical (unpaired) electrons. The summed E-state index contributed by atoms with van der Waals surface area (Å²) in [6, 6.07) is 6.14. The summed E-state index contributed by atoms with van der Waals surface area (Å²) in [6.07, 6.45) is -4.22. The maximum atomic E-state index is 12.4. The smallest absolute Gasteiger partial charge is 0.294 e. The van der Waals surface area contributed by atoms with E-state index in [-0.39, 0.29) is 24.8 Å². The van der Waals surface area contributed by atoms with Gasteiger partial charge in [0.2, 0.25) is 0 Å². The molecule has 0 unspecified atom stereocenters. The van der Waals surface area contributed by atoms with Crippen LogP contribution >= 0.6 is 11.6 Å². The second-order valence-corrected chi connectivity index (χ2v) is 5.30. The first-order valence-electron chi connectivity index (χ1n) is 6.28. The van der Waals surface area contributed by atoms with Gasteiger partial charge in [0.25, 0.3) is 0 Å². The standard InChI is InChI=1S/C14H17ClF3NO/c1-10(2)19(9-14(16,17)18)7-6-13(20)11-4-3-5-12(15)8-11/h3-5,8,10H,6-7,9H2,1-2H3. The van der Waals surface area contributed by atoms with Gasteiger partial charge in [-0.2, -0.15) is 13.2 Å². The monoisotopic (exact) mass is 307 g/mol. The summed E-state index contributed by atoms with van der Waals surface area (Å²) in [7, 11) is 0. The van der Waals surface area contributed by atoms with Crippen LogP contribution in [0.15, 0.2) is 24.3 Å². The predicted octanol–water partition coefficient (Wildman–Crippen LogP) is 4.19. The molecular formula is C14H17ClF3NO.